The zero-order chi connectivity index (χ0) is 6.57. The van der Waals surface area contributed by atoms with E-state index >= 15 is 0 Å². The summed E-state index contributed by atoms with van der Waals surface area (Å²) in [6, 6.07) is 0. The summed E-state index contributed by atoms with van der Waals surface area (Å²) < 4.78 is 0. The molecule has 0 fully saturated rings. The van der Waals surface area contributed by atoms with E-state index in [1.165, 1.54) is 0 Å². The zero-order valence-corrected chi connectivity index (χ0v) is 9.60. The Kier molecular flexibility index (Phi) is 9.95. The van der Waals surface area contributed by atoms with Gasteiger partial charge < -0.3 is 16.6 Å². The number of hydrogen-bond donors (Lipinski definition) is 0. The van der Waals surface area contributed by atoms with Crippen LogP contribution in [-0.2, 0) is 4.79 Å². The summed E-state index contributed by atoms with van der Waals surface area (Å²) in [5, 5.41) is 0. The van der Waals surface area contributed by atoms with Gasteiger partial charge in [0.05, 0.1) is 5.91 Å². The Bertz CT molecular complexity index is 81.1. The molecular formula is C6H12KNO. The van der Waals surface area contributed by atoms with Crippen molar-refractivity contribution in [2.75, 3.05) is 13.1 Å². The van der Waals surface area contributed by atoms with E-state index in [9.17, 15) is 4.79 Å². The van der Waals surface area contributed by atoms with Crippen molar-refractivity contribution in [2.24, 2.45) is 0 Å². The van der Waals surface area contributed by atoms with E-state index in [4.69, 9.17) is 0 Å². The maximum absolute atomic E-state index is 10.4. The van der Waals surface area contributed by atoms with Crippen LogP contribution in [-0.4, -0.2) is 23.9 Å². The number of amides is 1. The van der Waals surface area contributed by atoms with Gasteiger partial charge in [0.25, 0.3) is 0 Å². The van der Waals surface area contributed by atoms with Gasteiger partial charge in [-0.25, -0.2) is 0 Å². The van der Waals surface area contributed by atoms with Gasteiger partial charge in [0.1, 0.15) is 0 Å². The van der Waals surface area contributed by atoms with Crippen molar-refractivity contribution in [3.05, 3.63) is 6.92 Å². The molecule has 0 spiro atoms. The fourth-order valence-corrected chi connectivity index (χ4v) is 0.576. The van der Waals surface area contributed by atoms with E-state index in [2.05, 4.69) is 6.92 Å². The van der Waals surface area contributed by atoms with E-state index in [1.54, 1.807) is 4.90 Å². The third-order valence-corrected chi connectivity index (χ3v) is 1.12. The van der Waals surface area contributed by atoms with E-state index < -0.39 is 0 Å². The summed E-state index contributed by atoms with van der Waals surface area (Å²) in [6.07, 6.45) is 0. The largest absolute Gasteiger partial charge is 1.00 e. The molecule has 0 N–H and O–H groups in total. The van der Waals surface area contributed by atoms with Crippen LogP contribution in [0, 0.1) is 6.92 Å². The predicted molar refractivity (Wildman–Crippen MR) is 33.3 cm³/mol. The first-order valence-electron chi connectivity index (χ1n) is 2.83. The molecule has 0 aromatic heterocycles. The minimum Gasteiger partial charge on any atom is -0.368 e. The summed E-state index contributed by atoms with van der Waals surface area (Å²) in [5.41, 5.74) is 0. The fourth-order valence-electron chi connectivity index (χ4n) is 0.576. The van der Waals surface area contributed by atoms with Crippen molar-refractivity contribution in [3.63, 3.8) is 0 Å². The molecular weight excluding hydrogens is 141 g/mol. The van der Waals surface area contributed by atoms with Crippen molar-refractivity contribution < 1.29 is 56.2 Å². The molecule has 0 aromatic carbocycles. The van der Waals surface area contributed by atoms with Crippen LogP contribution in [0.25, 0.3) is 0 Å². The topological polar surface area (TPSA) is 20.3 Å². The molecule has 0 radical (unpaired) electrons. The molecule has 3 heteroatoms. The van der Waals surface area contributed by atoms with Crippen molar-refractivity contribution in [1.29, 1.82) is 0 Å². The Hall–Kier alpha value is 0.976. The molecule has 0 aliphatic heterocycles. The third-order valence-electron chi connectivity index (χ3n) is 1.12. The van der Waals surface area contributed by atoms with Gasteiger partial charge in [0.15, 0.2) is 0 Å². The molecule has 0 bridgehead atoms. The van der Waals surface area contributed by atoms with Gasteiger partial charge in [-0.05, 0) is 13.8 Å². The Balaban J connectivity index is 0. The van der Waals surface area contributed by atoms with Crippen LogP contribution >= 0.6 is 0 Å². The summed E-state index contributed by atoms with van der Waals surface area (Å²) in [4.78, 5) is 12.1. The molecule has 0 atom stereocenters. The number of carbonyl (C=O) groups excluding carboxylic acids is 1. The van der Waals surface area contributed by atoms with E-state index in [0.29, 0.717) is 0 Å². The number of hydrogen-bond acceptors (Lipinski definition) is 1. The summed E-state index contributed by atoms with van der Waals surface area (Å²) in [6.45, 7) is 8.67. The van der Waals surface area contributed by atoms with Gasteiger partial charge in [-0.15, -0.1) is 0 Å². The monoisotopic (exact) mass is 153 g/mol. The van der Waals surface area contributed by atoms with E-state index in [0.717, 1.165) is 13.1 Å². The Morgan fingerprint density at radius 3 is 1.78 bits per heavy atom. The summed E-state index contributed by atoms with van der Waals surface area (Å²) in [5.74, 6) is -0.0880. The Labute approximate surface area is 99.4 Å². The SMILES string of the molecule is [CH2-]C(=O)N(CC)CC.[K+]. The second-order valence-electron chi connectivity index (χ2n) is 1.57. The van der Waals surface area contributed by atoms with Crippen LogP contribution < -0.4 is 51.4 Å². The molecule has 0 aliphatic rings. The van der Waals surface area contributed by atoms with Crippen LogP contribution in [0.5, 0.6) is 0 Å². The van der Waals surface area contributed by atoms with Crippen LogP contribution in [0.15, 0.2) is 0 Å². The Morgan fingerprint density at radius 1 is 1.44 bits per heavy atom. The molecule has 9 heavy (non-hydrogen) atoms. The van der Waals surface area contributed by atoms with Gasteiger partial charge >= 0.3 is 51.4 Å². The van der Waals surface area contributed by atoms with Crippen molar-refractivity contribution in [2.45, 2.75) is 13.8 Å². The Morgan fingerprint density at radius 2 is 1.78 bits per heavy atom. The zero-order valence-electron chi connectivity index (χ0n) is 6.48. The molecule has 2 nitrogen and oxygen atoms in total. The van der Waals surface area contributed by atoms with E-state index in [1.807, 2.05) is 13.8 Å². The molecule has 0 aliphatic carbocycles. The van der Waals surface area contributed by atoms with Gasteiger partial charge in [0.2, 0.25) is 0 Å². The molecule has 0 saturated heterocycles. The maximum Gasteiger partial charge on any atom is 1.00 e. The van der Waals surface area contributed by atoms with Gasteiger partial charge in [-0.2, -0.15) is 0 Å². The fraction of sp³-hybridized carbons (Fsp3) is 0.667. The molecule has 0 aromatic rings. The quantitative estimate of drug-likeness (QED) is 0.322. The van der Waals surface area contributed by atoms with Crippen LogP contribution in [0.1, 0.15) is 13.8 Å². The van der Waals surface area contributed by atoms with Crippen LogP contribution in [0.4, 0.5) is 0 Å². The van der Waals surface area contributed by atoms with Gasteiger partial charge in [0, 0.05) is 13.1 Å². The van der Waals surface area contributed by atoms with Gasteiger partial charge in [-0.1, -0.05) is 0 Å². The second kappa shape index (κ2) is 7.09. The first kappa shape index (κ1) is 12.6. The van der Waals surface area contributed by atoms with Crippen LogP contribution in [0.3, 0.4) is 0 Å². The molecule has 0 unspecified atom stereocenters. The first-order chi connectivity index (χ1) is 3.72. The van der Waals surface area contributed by atoms with Crippen molar-refractivity contribution in [3.8, 4) is 0 Å². The van der Waals surface area contributed by atoms with Gasteiger partial charge in [-0.3, -0.25) is 0 Å². The average molecular weight is 153 g/mol. The minimum atomic E-state index is -0.0880. The predicted octanol–water partition coefficient (Wildman–Crippen LogP) is -2.31. The smallest absolute Gasteiger partial charge is 0.368 e. The normalized spacial score (nSPS) is 7.78. The first-order valence-corrected chi connectivity index (χ1v) is 2.83. The van der Waals surface area contributed by atoms with Crippen molar-refractivity contribution >= 4 is 5.91 Å². The standard InChI is InChI=1S/C6H12NO.K/c1-4-7(5-2)6(3)8;/h3-5H2,1-2H3;/q-1;+1. The molecule has 48 valence electrons. The minimum absolute atomic E-state index is 0. The summed E-state index contributed by atoms with van der Waals surface area (Å²) in [7, 11) is 0. The average Bonchev–Trinajstić information content (AvgIpc) is 1.69. The maximum atomic E-state index is 10.4. The molecule has 0 heterocycles. The summed E-state index contributed by atoms with van der Waals surface area (Å²) >= 11 is 0. The molecule has 0 rings (SSSR count). The molecule has 1 amide bonds. The third kappa shape index (κ3) is 5.42. The number of carbonyl (C=O) groups is 1. The van der Waals surface area contributed by atoms with E-state index in [-0.39, 0.29) is 57.3 Å². The van der Waals surface area contributed by atoms with Crippen molar-refractivity contribution in [1.82, 2.24) is 4.90 Å². The number of rotatable bonds is 2. The molecule has 0 saturated carbocycles. The second-order valence-corrected chi connectivity index (χ2v) is 1.57. The number of nitrogens with zero attached hydrogens (tertiary/aromatic N) is 1. The van der Waals surface area contributed by atoms with Crippen LogP contribution in [0.2, 0.25) is 0 Å².